The molecule has 1 aromatic carbocycles. The number of halogens is 3. The molecule has 0 unspecified atom stereocenters. The van der Waals surface area contributed by atoms with E-state index in [0.717, 1.165) is 6.07 Å². The van der Waals surface area contributed by atoms with Gasteiger partial charge < -0.3 is 14.7 Å². The van der Waals surface area contributed by atoms with E-state index in [1.807, 2.05) is 0 Å². The third-order valence-corrected chi connectivity index (χ3v) is 2.40. The molecule has 0 bridgehead atoms. The number of carboxylic acid groups (broad SMARTS) is 1. The van der Waals surface area contributed by atoms with Gasteiger partial charge in [-0.2, -0.15) is 0 Å². The Morgan fingerprint density at radius 1 is 1.39 bits per heavy atom. The maximum atomic E-state index is 13.6. The van der Waals surface area contributed by atoms with E-state index in [-0.39, 0.29) is 0 Å². The van der Waals surface area contributed by atoms with Crippen molar-refractivity contribution in [2.45, 2.75) is 0 Å². The average molecular weight is 276 g/mol. The van der Waals surface area contributed by atoms with Crippen LogP contribution in [0.15, 0.2) is 16.7 Å². The first-order valence-corrected chi connectivity index (χ1v) is 4.86. The summed E-state index contributed by atoms with van der Waals surface area (Å²) in [5, 5.41) is 20.5. The van der Waals surface area contributed by atoms with Crippen LogP contribution in [0.3, 0.4) is 0 Å². The summed E-state index contributed by atoms with van der Waals surface area (Å²) in [7, 11) is 0. The standard InChI is InChI=1S/C10H4ClF2NO4/c11-3-1-4(12)9(15)7(8(3)13)6-2-5(10(16)17)14-18-6/h1-2,15H,(H,16,17). The Morgan fingerprint density at radius 3 is 2.61 bits per heavy atom. The number of aromatic nitrogens is 1. The number of benzene rings is 1. The molecule has 0 fully saturated rings. The Balaban J connectivity index is 2.66. The number of hydrogen-bond donors (Lipinski definition) is 2. The van der Waals surface area contributed by atoms with Crippen molar-refractivity contribution in [2.24, 2.45) is 0 Å². The highest BCUT2D eigenvalue weighted by Crippen LogP contribution is 2.37. The lowest BCUT2D eigenvalue weighted by atomic mass is 10.1. The molecule has 0 atom stereocenters. The van der Waals surface area contributed by atoms with Crippen LogP contribution in [0.4, 0.5) is 8.78 Å². The fourth-order valence-electron chi connectivity index (χ4n) is 1.30. The predicted molar refractivity (Wildman–Crippen MR) is 55.5 cm³/mol. The zero-order chi connectivity index (χ0) is 13.4. The van der Waals surface area contributed by atoms with Gasteiger partial charge in [-0.05, 0) is 6.07 Å². The van der Waals surface area contributed by atoms with Gasteiger partial charge in [-0.1, -0.05) is 16.8 Å². The Kier molecular flexibility index (Phi) is 2.92. The van der Waals surface area contributed by atoms with Crippen molar-refractivity contribution in [1.82, 2.24) is 5.16 Å². The lowest BCUT2D eigenvalue weighted by molar-refractivity contribution is 0.0686. The van der Waals surface area contributed by atoms with Gasteiger partial charge >= 0.3 is 5.97 Å². The van der Waals surface area contributed by atoms with Crippen molar-refractivity contribution in [3.8, 4) is 17.1 Å². The Bertz CT molecular complexity index is 615. The molecule has 8 heteroatoms. The van der Waals surface area contributed by atoms with E-state index in [1.165, 1.54) is 0 Å². The van der Waals surface area contributed by atoms with Crippen molar-refractivity contribution in [3.05, 3.63) is 34.5 Å². The first kappa shape index (κ1) is 12.3. The highest BCUT2D eigenvalue weighted by atomic mass is 35.5. The monoisotopic (exact) mass is 275 g/mol. The molecule has 0 saturated carbocycles. The van der Waals surface area contributed by atoms with Gasteiger partial charge in [-0.15, -0.1) is 0 Å². The molecule has 0 aliphatic rings. The minimum absolute atomic E-state index is 0.441. The van der Waals surface area contributed by atoms with Gasteiger partial charge in [0.15, 0.2) is 28.8 Å². The summed E-state index contributed by atoms with van der Waals surface area (Å²) in [5.74, 6) is -5.19. The first-order valence-electron chi connectivity index (χ1n) is 4.48. The quantitative estimate of drug-likeness (QED) is 0.823. The number of rotatable bonds is 2. The third kappa shape index (κ3) is 1.88. The molecule has 0 radical (unpaired) electrons. The van der Waals surface area contributed by atoms with Crippen LogP contribution in [0.1, 0.15) is 10.5 Å². The van der Waals surface area contributed by atoms with Crippen molar-refractivity contribution in [3.63, 3.8) is 0 Å². The van der Waals surface area contributed by atoms with E-state index in [0.29, 0.717) is 6.07 Å². The molecule has 18 heavy (non-hydrogen) atoms. The van der Waals surface area contributed by atoms with Crippen LogP contribution in [-0.4, -0.2) is 21.3 Å². The van der Waals surface area contributed by atoms with Gasteiger partial charge in [0.1, 0.15) is 5.56 Å². The lowest BCUT2D eigenvalue weighted by Gasteiger charge is -2.04. The second-order valence-electron chi connectivity index (χ2n) is 3.26. The number of nitrogens with zero attached hydrogens (tertiary/aromatic N) is 1. The van der Waals surface area contributed by atoms with E-state index >= 15 is 0 Å². The number of hydrogen-bond acceptors (Lipinski definition) is 4. The maximum Gasteiger partial charge on any atom is 0.358 e. The summed E-state index contributed by atoms with van der Waals surface area (Å²) in [6.07, 6.45) is 0. The largest absolute Gasteiger partial charge is 0.504 e. The third-order valence-electron chi connectivity index (χ3n) is 2.12. The van der Waals surface area contributed by atoms with Crippen LogP contribution in [0.2, 0.25) is 5.02 Å². The minimum Gasteiger partial charge on any atom is -0.504 e. The summed E-state index contributed by atoms with van der Waals surface area (Å²) < 4.78 is 31.4. The van der Waals surface area contributed by atoms with E-state index in [4.69, 9.17) is 16.7 Å². The molecule has 2 rings (SSSR count). The second-order valence-corrected chi connectivity index (χ2v) is 3.67. The molecule has 0 aliphatic heterocycles. The van der Waals surface area contributed by atoms with Gasteiger partial charge in [0.05, 0.1) is 5.02 Å². The predicted octanol–water partition coefficient (Wildman–Crippen LogP) is 2.68. The molecule has 1 heterocycles. The van der Waals surface area contributed by atoms with Gasteiger partial charge in [0.25, 0.3) is 0 Å². The smallest absolute Gasteiger partial charge is 0.358 e. The molecule has 1 aromatic heterocycles. The lowest BCUT2D eigenvalue weighted by Crippen LogP contribution is -1.94. The van der Waals surface area contributed by atoms with Crippen molar-refractivity contribution < 1.29 is 28.3 Å². The van der Waals surface area contributed by atoms with Crippen molar-refractivity contribution in [1.29, 1.82) is 0 Å². The summed E-state index contributed by atoms with van der Waals surface area (Å²) in [6, 6.07) is 1.43. The highest BCUT2D eigenvalue weighted by molar-refractivity contribution is 6.31. The maximum absolute atomic E-state index is 13.6. The van der Waals surface area contributed by atoms with Crippen LogP contribution >= 0.6 is 11.6 Å². The minimum atomic E-state index is -1.41. The highest BCUT2D eigenvalue weighted by Gasteiger charge is 2.23. The summed E-state index contributed by atoms with van der Waals surface area (Å²) in [6.45, 7) is 0. The van der Waals surface area contributed by atoms with Gasteiger partial charge in [-0.25, -0.2) is 13.6 Å². The molecule has 5 nitrogen and oxygen atoms in total. The van der Waals surface area contributed by atoms with Crippen LogP contribution in [0.25, 0.3) is 11.3 Å². The number of carboxylic acids is 1. The van der Waals surface area contributed by atoms with Crippen LogP contribution in [0.5, 0.6) is 5.75 Å². The van der Waals surface area contributed by atoms with Crippen LogP contribution < -0.4 is 0 Å². The molecule has 2 N–H and O–H groups in total. The molecular formula is C10H4ClF2NO4. The van der Waals surface area contributed by atoms with E-state index < -0.39 is 45.4 Å². The normalized spacial score (nSPS) is 10.6. The summed E-state index contributed by atoms with van der Waals surface area (Å²) >= 11 is 5.41. The van der Waals surface area contributed by atoms with Crippen molar-refractivity contribution in [2.75, 3.05) is 0 Å². The summed E-state index contributed by atoms with van der Waals surface area (Å²) in [5.41, 5.74) is -1.19. The van der Waals surface area contributed by atoms with E-state index in [2.05, 4.69) is 9.68 Å². The molecule has 0 spiro atoms. The Labute approximate surface area is 103 Å². The van der Waals surface area contributed by atoms with E-state index in [9.17, 15) is 18.7 Å². The van der Waals surface area contributed by atoms with Gasteiger partial charge in [0, 0.05) is 6.07 Å². The van der Waals surface area contributed by atoms with Crippen molar-refractivity contribution >= 4 is 17.6 Å². The SMILES string of the molecule is O=C(O)c1cc(-c2c(O)c(F)cc(Cl)c2F)on1. The zero-order valence-electron chi connectivity index (χ0n) is 8.45. The first-order chi connectivity index (χ1) is 8.41. The van der Waals surface area contributed by atoms with Gasteiger partial charge in [-0.3, -0.25) is 0 Å². The average Bonchev–Trinajstić information content (AvgIpc) is 2.76. The van der Waals surface area contributed by atoms with Crippen LogP contribution in [-0.2, 0) is 0 Å². The topological polar surface area (TPSA) is 83.6 Å². The molecule has 94 valence electrons. The summed E-state index contributed by atoms with van der Waals surface area (Å²) in [4.78, 5) is 10.6. The molecule has 0 amide bonds. The number of aromatic hydroxyl groups is 1. The fourth-order valence-corrected chi connectivity index (χ4v) is 1.49. The number of carbonyl (C=O) groups is 1. The zero-order valence-corrected chi connectivity index (χ0v) is 9.20. The molecule has 2 aromatic rings. The van der Waals surface area contributed by atoms with Crippen LogP contribution in [0, 0.1) is 11.6 Å². The van der Waals surface area contributed by atoms with Gasteiger partial charge in [0.2, 0.25) is 0 Å². The van der Waals surface area contributed by atoms with E-state index in [1.54, 1.807) is 0 Å². The second kappa shape index (κ2) is 4.26. The molecule has 0 saturated heterocycles. The Morgan fingerprint density at radius 2 is 2.06 bits per heavy atom. The fraction of sp³-hybridized carbons (Fsp3) is 0. The molecule has 0 aliphatic carbocycles. The Hall–Kier alpha value is -2.15. The molecular weight excluding hydrogens is 272 g/mol. The number of aromatic carboxylic acids is 1. The number of phenolic OH excluding ortho intramolecular Hbond substituents is 1. The number of phenols is 1.